The van der Waals surface area contributed by atoms with Gasteiger partial charge < -0.3 is 10.1 Å². The lowest BCUT2D eigenvalue weighted by atomic mass is 9.83. The third-order valence-electron chi connectivity index (χ3n) is 3.59. The summed E-state index contributed by atoms with van der Waals surface area (Å²) in [6, 6.07) is 0. The van der Waals surface area contributed by atoms with Crippen molar-refractivity contribution in [3.63, 3.8) is 0 Å². The second kappa shape index (κ2) is 4.84. The van der Waals surface area contributed by atoms with Crippen LogP contribution in [0.4, 0.5) is 5.82 Å². The van der Waals surface area contributed by atoms with E-state index in [1.54, 1.807) is 6.20 Å². The highest BCUT2D eigenvalue weighted by atomic mass is 16.5. The topological polar surface area (TPSA) is 51.5 Å². The maximum absolute atomic E-state index is 5.79. The summed E-state index contributed by atoms with van der Waals surface area (Å²) in [5, 5.41) is 3.03. The van der Waals surface area contributed by atoms with E-state index in [1.165, 1.54) is 19.3 Å². The van der Waals surface area contributed by atoms with Gasteiger partial charge >= 0.3 is 0 Å². The number of ether oxygens (including phenoxy) is 1. The molecule has 5 nitrogen and oxygen atoms in total. The summed E-state index contributed by atoms with van der Waals surface area (Å²) >= 11 is 0. The molecule has 1 aliphatic carbocycles. The van der Waals surface area contributed by atoms with Gasteiger partial charge in [-0.2, -0.15) is 4.98 Å². The van der Waals surface area contributed by atoms with E-state index in [0.717, 1.165) is 30.4 Å². The van der Waals surface area contributed by atoms with Gasteiger partial charge in [0, 0.05) is 19.4 Å². The Kier molecular flexibility index (Phi) is 3.04. The summed E-state index contributed by atoms with van der Waals surface area (Å²) in [5.74, 6) is 2.26. The van der Waals surface area contributed by atoms with Crippen molar-refractivity contribution in [1.82, 2.24) is 14.4 Å². The zero-order chi connectivity index (χ0) is 12.4. The Morgan fingerprint density at radius 2 is 2.39 bits per heavy atom. The Hall–Kier alpha value is -1.78. The van der Waals surface area contributed by atoms with Crippen LogP contribution >= 0.6 is 0 Å². The van der Waals surface area contributed by atoms with Crippen LogP contribution in [-0.2, 0) is 0 Å². The smallest absolute Gasteiger partial charge is 0.260 e. The van der Waals surface area contributed by atoms with Crippen LogP contribution < -0.4 is 10.1 Å². The third kappa shape index (κ3) is 2.12. The van der Waals surface area contributed by atoms with Crippen LogP contribution in [0, 0.1) is 5.92 Å². The first-order chi connectivity index (χ1) is 8.86. The Morgan fingerprint density at radius 1 is 1.50 bits per heavy atom. The quantitative estimate of drug-likeness (QED) is 0.879. The highest BCUT2D eigenvalue weighted by molar-refractivity contribution is 5.53. The van der Waals surface area contributed by atoms with Crippen molar-refractivity contribution in [2.45, 2.75) is 25.7 Å². The van der Waals surface area contributed by atoms with E-state index in [9.17, 15) is 0 Å². The van der Waals surface area contributed by atoms with Crippen molar-refractivity contribution in [1.29, 1.82) is 0 Å². The fourth-order valence-corrected chi connectivity index (χ4v) is 2.22. The van der Waals surface area contributed by atoms with Crippen LogP contribution in [0.5, 0.6) is 5.88 Å². The molecular weight excluding hydrogens is 228 g/mol. The monoisotopic (exact) mass is 246 g/mol. The Balaban J connectivity index is 1.74. The molecule has 2 aromatic heterocycles. The highest BCUT2D eigenvalue weighted by Gasteiger charge is 2.17. The van der Waals surface area contributed by atoms with Gasteiger partial charge in [-0.1, -0.05) is 19.3 Å². The lowest BCUT2D eigenvalue weighted by Gasteiger charge is -2.24. The molecule has 1 fully saturated rings. The van der Waals surface area contributed by atoms with E-state index in [0.29, 0.717) is 5.88 Å². The number of aromatic nitrogens is 3. The first-order valence-corrected chi connectivity index (χ1v) is 6.51. The lowest BCUT2D eigenvalue weighted by molar-refractivity contribution is 0.218. The van der Waals surface area contributed by atoms with E-state index >= 15 is 0 Å². The maximum Gasteiger partial charge on any atom is 0.260 e. The standard InChI is InChI=1S/C13H18N4O/c1-14-11-9-17-7-6-15-12(17)13(16-11)18-8-5-10-3-2-4-10/h6-7,9-10,14H,2-5,8H2,1H3. The number of nitrogens with zero attached hydrogens (tertiary/aromatic N) is 3. The van der Waals surface area contributed by atoms with E-state index < -0.39 is 0 Å². The average Bonchev–Trinajstić information content (AvgIpc) is 2.80. The Labute approximate surface area is 106 Å². The summed E-state index contributed by atoms with van der Waals surface area (Å²) in [7, 11) is 1.85. The number of hydrogen-bond acceptors (Lipinski definition) is 4. The number of anilines is 1. The first-order valence-electron chi connectivity index (χ1n) is 6.51. The minimum Gasteiger partial charge on any atom is -0.475 e. The van der Waals surface area contributed by atoms with Crippen LogP contribution in [0.1, 0.15) is 25.7 Å². The molecule has 0 amide bonds. The molecule has 0 atom stereocenters. The summed E-state index contributed by atoms with van der Waals surface area (Å²) in [6.45, 7) is 0.730. The molecule has 0 bridgehead atoms. The average molecular weight is 246 g/mol. The highest BCUT2D eigenvalue weighted by Crippen LogP contribution is 2.29. The molecule has 3 rings (SSSR count). The molecule has 1 N–H and O–H groups in total. The fraction of sp³-hybridized carbons (Fsp3) is 0.538. The van der Waals surface area contributed by atoms with Gasteiger partial charge in [-0.3, -0.25) is 4.40 Å². The Morgan fingerprint density at radius 3 is 3.11 bits per heavy atom. The zero-order valence-electron chi connectivity index (χ0n) is 10.6. The van der Waals surface area contributed by atoms with Crippen molar-refractivity contribution in [2.24, 2.45) is 5.92 Å². The summed E-state index contributed by atoms with van der Waals surface area (Å²) in [5.41, 5.74) is 0.780. The molecule has 1 saturated carbocycles. The van der Waals surface area contributed by atoms with Crippen LogP contribution in [0.3, 0.4) is 0 Å². The van der Waals surface area contributed by atoms with Crippen molar-refractivity contribution in [3.8, 4) is 5.88 Å². The number of hydrogen-bond donors (Lipinski definition) is 1. The van der Waals surface area contributed by atoms with E-state index in [1.807, 2.05) is 23.8 Å². The van der Waals surface area contributed by atoms with Crippen LogP contribution in [0.15, 0.2) is 18.6 Å². The first kappa shape index (κ1) is 11.3. The zero-order valence-corrected chi connectivity index (χ0v) is 10.6. The van der Waals surface area contributed by atoms with Gasteiger partial charge in [0.2, 0.25) is 5.65 Å². The summed E-state index contributed by atoms with van der Waals surface area (Å²) in [6.07, 6.45) is 10.8. The van der Waals surface area contributed by atoms with Crippen molar-refractivity contribution >= 4 is 11.5 Å². The molecule has 1 aliphatic rings. The fourth-order valence-electron chi connectivity index (χ4n) is 2.22. The maximum atomic E-state index is 5.79. The molecule has 0 unspecified atom stereocenters. The van der Waals surface area contributed by atoms with Crippen molar-refractivity contribution in [2.75, 3.05) is 19.0 Å². The Bertz CT molecular complexity index is 533. The van der Waals surface area contributed by atoms with Gasteiger partial charge in [0.1, 0.15) is 5.82 Å². The molecule has 5 heteroatoms. The molecule has 0 saturated heterocycles. The van der Waals surface area contributed by atoms with Crippen LogP contribution in [0.2, 0.25) is 0 Å². The lowest BCUT2D eigenvalue weighted by Crippen LogP contribution is -2.15. The van der Waals surface area contributed by atoms with Gasteiger partial charge in [-0.05, 0) is 12.3 Å². The second-order valence-electron chi connectivity index (χ2n) is 4.77. The number of rotatable bonds is 5. The molecule has 18 heavy (non-hydrogen) atoms. The van der Waals surface area contributed by atoms with Crippen LogP contribution in [0.25, 0.3) is 5.65 Å². The van der Waals surface area contributed by atoms with Gasteiger partial charge in [-0.15, -0.1) is 0 Å². The summed E-state index contributed by atoms with van der Waals surface area (Å²) < 4.78 is 7.72. The molecule has 2 heterocycles. The molecule has 0 radical (unpaired) electrons. The predicted octanol–water partition coefficient (Wildman–Crippen LogP) is 2.34. The normalized spacial score (nSPS) is 15.6. The molecule has 0 spiro atoms. The SMILES string of the molecule is CNc1cn2ccnc2c(OCCC2CCC2)n1. The molecule has 0 aliphatic heterocycles. The van der Waals surface area contributed by atoms with Gasteiger partial charge in [0.25, 0.3) is 5.88 Å². The second-order valence-corrected chi connectivity index (χ2v) is 4.77. The van der Waals surface area contributed by atoms with E-state index in [-0.39, 0.29) is 0 Å². The van der Waals surface area contributed by atoms with Gasteiger partial charge in [0.05, 0.1) is 12.8 Å². The predicted molar refractivity (Wildman–Crippen MR) is 70.0 cm³/mol. The minimum atomic E-state index is 0.617. The molecule has 2 aromatic rings. The third-order valence-corrected chi connectivity index (χ3v) is 3.59. The van der Waals surface area contributed by atoms with Crippen molar-refractivity contribution < 1.29 is 4.74 Å². The van der Waals surface area contributed by atoms with Crippen LogP contribution in [-0.4, -0.2) is 28.0 Å². The number of imidazole rings is 1. The van der Waals surface area contributed by atoms with Gasteiger partial charge in [-0.25, -0.2) is 4.98 Å². The minimum absolute atomic E-state index is 0.617. The molecular formula is C13H18N4O. The van der Waals surface area contributed by atoms with Crippen molar-refractivity contribution in [3.05, 3.63) is 18.6 Å². The number of fused-ring (bicyclic) bond motifs is 1. The summed E-state index contributed by atoms with van der Waals surface area (Å²) in [4.78, 5) is 8.69. The largest absolute Gasteiger partial charge is 0.475 e. The van der Waals surface area contributed by atoms with Gasteiger partial charge in [0.15, 0.2) is 0 Å². The van der Waals surface area contributed by atoms with E-state index in [2.05, 4.69) is 15.3 Å². The van der Waals surface area contributed by atoms with E-state index in [4.69, 9.17) is 4.74 Å². The molecule has 96 valence electrons. The number of nitrogens with one attached hydrogen (secondary N) is 1. The molecule has 0 aromatic carbocycles.